The number of carbonyl (C=O) groups is 1. The number of carboxylic acids is 1. The molecule has 0 heterocycles. The van der Waals surface area contributed by atoms with E-state index in [0.717, 1.165) is 11.8 Å². The van der Waals surface area contributed by atoms with Crippen LogP contribution >= 0.6 is 27.7 Å². The standard InChI is InChI=1S/C9H8BrNO4S/c10-7-2-1-6(4-16-5-9(12)13)8(3-7)11(14)15/h1-3H,4-5H2,(H,12,13). The van der Waals surface area contributed by atoms with Gasteiger partial charge in [-0.2, -0.15) is 0 Å². The van der Waals surface area contributed by atoms with Crippen LogP contribution in [-0.2, 0) is 10.5 Å². The summed E-state index contributed by atoms with van der Waals surface area (Å²) >= 11 is 4.28. The Balaban J connectivity index is 2.78. The van der Waals surface area contributed by atoms with Gasteiger partial charge in [0, 0.05) is 21.9 Å². The second kappa shape index (κ2) is 5.86. The molecule has 0 saturated heterocycles. The van der Waals surface area contributed by atoms with Gasteiger partial charge in [-0.1, -0.05) is 22.0 Å². The first-order valence-electron chi connectivity index (χ1n) is 4.23. The number of rotatable bonds is 5. The van der Waals surface area contributed by atoms with E-state index in [1.54, 1.807) is 12.1 Å². The minimum absolute atomic E-state index is 0.00673. The maximum Gasteiger partial charge on any atom is 0.313 e. The van der Waals surface area contributed by atoms with E-state index in [0.29, 0.717) is 15.8 Å². The van der Waals surface area contributed by atoms with Gasteiger partial charge in [0.1, 0.15) is 0 Å². The van der Waals surface area contributed by atoms with E-state index in [2.05, 4.69) is 15.9 Å². The lowest BCUT2D eigenvalue weighted by Crippen LogP contribution is -1.99. The molecule has 7 heteroatoms. The van der Waals surface area contributed by atoms with Crippen molar-refractivity contribution >= 4 is 39.3 Å². The zero-order valence-corrected chi connectivity index (χ0v) is 10.5. The fourth-order valence-corrected chi connectivity index (χ4v) is 2.17. The molecular formula is C9H8BrNO4S. The van der Waals surface area contributed by atoms with Crippen molar-refractivity contribution in [3.05, 3.63) is 38.3 Å². The molecular weight excluding hydrogens is 298 g/mol. The highest BCUT2D eigenvalue weighted by Crippen LogP contribution is 2.26. The van der Waals surface area contributed by atoms with Crippen molar-refractivity contribution in [1.29, 1.82) is 0 Å². The number of nitro groups is 1. The highest BCUT2D eigenvalue weighted by Gasteiger charge is 2.14. The molecule has 1 N–H and O–H groups in total. The van der Waals surface area contributed by atoms with Crippen LogP contribution in [0.5, 0.6) is 0 Å². The minimum atomic E-state index is -0.926. The van der Waals surface area contributed by atoms with Gasteiger partial charge in [0.05, 0.1) is 10.7 Å². The Morgan fingerprint density at radius 2 is 2.25 bits per heavy atom. The summed E-state index contributed by atoms with van der Waals surface area (Å²) in [4.78, 5) is 20.6. The van der Waals surface area contributed by atoms with Crippen LogP contribution in [0.25, 0.3) is 0 Å². The summed E-state index contributed by atoms with van der Waals surface area (Å²) in [6.45, 7) is 0. The summed E-state index contributed by atoms with van der Waals surface area (Å²) in [5.74, 6) is -0.673. The maximum atomic E-state index is 10.7. The zero-order valence-electron chi connectivity index (χ0n) is 8.05. The number of benzene rings is 1. The smallest absolute Gasteiger partial charge is 0.313 e. The molecule has 1 rings (SSSR count). The lowest BCUT2D eigenvalue weighted by atomic mass is 10.2. The highest BCUT2D eigenvalue weighted by molar-refractivity contribution is 9.10. The molecule has 0 bridgehead atoms. The van der Waals surface area contributed by atoms with Gasteiger partial charge < -0.3 is 5.11 Å². The van der Waals surface area contributed by atoms with Crippen molar-refractivity contribution in [3.8, 4) is 0 Å². The van der Waals surface area contributed by atoms with E-state index in [1.807, 2.05) is 0 Å². The first-order chi connectivity index (χ1) is 7.50. The molecule has 5 nitrogen and oxygen atoms in total. The third kappa shape index (κ3) is 3.82. The Kier molecular flexibility index (Phi) is 4.75. The van der Waals surface area contributed by atoms with E-state index in [9.17, 15) is 14.9 Å². The predicted octanol–water partition coefficient (Wildman–Crippen LogP) is 2.68. The maximum absolute atomic E-state index is 10.7. The molecule has 0 aromatic heterocycles. The van der Waals surface area contributed by atoms with Crippen LogP contribution in [0.2, 0.25) is 0 Å². The Bertz CT molecular complexity index is 424. The molecule has 0 aliphatic heterocycles. The van der Waals surface area contributed by atoms with Gasteiger partial charge in [0.2, 0.25) is 0 Å². The van der Waals surface area contributed by atoms with Crippen LogP contribution in [-0.4, -0.2) is 21.8 Å². The van der Waals surface area contributed by atoms with Crippen LogP contribution in [0.3, 0.4) is 0 Å². The van der Waals surface area contributed by atoms with Gasteiger partial charge in [-0.05, 0) is 6.07 Å². The first-order valence-corrected chi connectivity index (χ1v) is 6.18. The largest absolute Gasteiger partial charge is 0.481 e. The summed E-state index contributed by atoms with van der Waals surface area (Å²) in [6, 6.07) is 4.73. The predicted molar refractivity (Wildman–Crippen MR) is 64.6 cm³/mol. The number of nitro benzene ring substituents is 1. The number of aliphatic carboxylic acids is 1. The Hall–Kier alpha value is -1.08. The van der Waals surface area contributed by atoms with Crippen LogP contribution in [0.4, 0.5) is 5.69 Å². The lowest BCUT2D eigenvalue weighted by Gasteiger charge is -2.02. The average molecular weight is 306 g/mol. The van der Waals surface area contributed by atoms with Gasteiger partial charge in [-0.3, -0.25) is 14.9 Å². The number of halogens is 1. The van der Waals surface area contributed by atoms with Crippen LogP contribution < -0.4 is 0 Å². The first kappa shape index (κ1) is 13.0. The average Bonchev–Trinajstić information content (AvgIpc) is 2.19. The van der Waals surface area contributed by atoms with Crippen LogP contribution in [0.1, 0.15) is 5.56 Å². The van der Waals surface area contributed by atoms with Crippen molar-refractivity contribution in [2.75, 3.05) is 5.75 Å². The van der Waals surface area contributed by atoms with Gasteiger partial charge in [-0.15, -0.1) is 11.8 Å². The van der Waals surface area contributed by atoms with Crippen molar-refractivity contribution in [1.82, 2.24) is 0 Å². The molecule has 0 atom stereocenters. The number of carboxylic acid groups (broad SMARTS) is 1. The molecule has 0 amide bonds. The van der Waals surface area contributed by atoms with Gasteiger partial charge in [0.25, 0.3) is 5.69 Å². The monoisotopic (exact) mass is 305 g/mol. The van der Waals surface area contributed by atoms with E-state index < -0.39 is 10.9 Å². The number of nitrogens with zero attached hydrogens (tertiary/aromatic N) is 1. The Morgan fingerprint density at radius 1 is 1.56 bits per heavy atom. The quantitative estimate of drug-likeness (QED) is 0.668. The van der Waals surface area contributed by atoms with Crippen molar-refractivity contribution in [3.63, 3.8) is 0 Å². The molecule has 0 saturated carbocycles. The Morgan fingerprint density at radius 3 is 2.81 bits per heavy atom. The van der Waals surface area contributed by atoms with Crippen molar-refractivity contribution < 1.29 is 14.8 Å². The molecule has 0 spiro atoms. The molecule has 16 heavy (non-hydrogen) atoms. The van der Waals surface area contributed by atoms with Crippen molar-refractivity contribution in [2.45, 2.75) is 5.75 Å². The topological polar surface area (TPSA) is 80.4 Å². The lowest BCUT2D eigenvalue weighted by molar-refractivity contribution is -0.385. The van der Waals surface area contributed by atoms with E-state index in [1.165, 1.54) is 6.07 Å². The van der Waals surface area contributed by atoms with Gasteiger partial charge in [-0.25, -0.2) is 0 Å². The highest BCUT2D eigenvalue weighted by atomic mass is 79.9. The summed E-state index contributed by atoms with van der Waals surface area (Å²) < 4.78 is 0.631. The summed E-state index contributed by atoms with van der Waals surface area (Å²) in [5.41, 5.74) is 0.534. The fourth-order valence-electron chi connectivity index (χ4n) is 1.08. The molecule has 0 aliphatic carbocycles. The zero-order chi connectivity index (χ0) is 12.1. The van der Waals surface area contributed by atoms with E-state index in [-0.39, 0.29) is 11.4 Å². The number of hydrogen-bond donors (Lipinski definition) is 1. The number of thioether (sulfide) groups is 1. The second-order valence-corrected chi connectivity index (χ2v) is 4.82. The van der Waals surface area contributed by atoms with E-state index >= 15 is 0 Å². The molecule has 0 unspecified atom stereocenters. The van der Waals surface area contributed by atoms with Gasteiger partial charge >= 0.3 is 5.97 Å². The summed E-state index contributed by atoms with van der Waals surface area (Å²) in [5, 5.41) is 19.2. The summed E-state index contributed by atoms with van der Waals surface area (Å²) in [7, 11) is 0. The molecule has 0 radical (unpaired) electrons. The van der Waals surface area contributed by atoms with Crippen LogP contribution in [0, 0.1) is 10.1 Å². The SMILES string of the molecule is O=C(O)CSCc1ccc(Br)cc1[N+](=O)[O-]. The minimum Gasteiger partial charge on any atom is -0.481 e. The molecule has 1 aromatic carbocycles. The molecule has 1 aromatic rings. The van der Waals surface area contributed by atoms with Crippen LogP contribution in [0.15, 0.2) is 22.7 Å². The van der Waals surface area contributed by atoms with E-state index in [4.69, 9.17) is 5.11 Å². The third-order valence-corrected chi connectivity index (χ3v) is 3.19. The van der Waals surface area contributed by atoms with Gasteiger partial charge in [0.15, 0.2) is 0 Å². The van der Waals surface area contributed by atoms with Crippen molar-refractivity contribution in [2.24, 2.45) is 0 Å². The number of hydrogen-bond acceptors (Lipinski definition) is 4. The fraction of sp³-hybridized carbons (Fsp3) is 0.222. The molecule has 0 fully saturated rings. The summed E-state index contributed by atoms with van der Waals surface area (Å²) in [6.07, 6.45) is 0. The second-order valence-electron chi connectivity index (χ2n) is 2.92. The molecule has 0 aliphatic rings. The Labute approximate surface area is 104 Å². The third-order valence-electron chi connectivity index (χ3n) is 1.73. The molecule has 86 valence electrons. The normalized spacial score (nSPS) is 10.1.